The van der Waals surface area contributed by atoms with Crippen molar-refractivity contribution in [2.24, 2.45) is 0 Å². The first-order chi connectivity index (χ1) is 15.4. The molecule has 1 fully saturated rings. The van der Waals surface area contributed by atoms with E-state index in [0.717, 1.165) is 22.1 Å². The fraction of sp³-hybridized carbons (Fsp3) is 0.217. The number of carbonyl (C=O) groups excluding carboxylic acids is 2. The van der Waals surface area contributed by atoms with E-state index in [-0.39, 0.29) is 21.5 Å². The number of carbonyl (C=O) groups is 2. The van der Waals surface area contributed by atoms with Crippen LogP contribution in [-0.2, 0) is 4.74 Å². The molecular formula is C23H19Cl2FN2O3S. The molecule has 2 aromatic carbocycles. The molecule has 3 aromatic rings. The monoisotopic (exact) mass is 492 g/mol. The van der Waals surface area contributed by atoms with Gasteiger partial charge >= 0.3 is 0 Å². The van der Waals surface area contributed by atoms with Crippen LogP contribution >= 0.6 is 34.5 Å². The van der Waals surface area contributed by atoms with E-state index in [4.69, 9.17) is 27.9 Å². The number of rotatable bonds is 4. The third-order valence-corrected chi connectivity index (χ3v) is 7.04. The first-order valence-electron chi connectivity index (χ1n) is 9.88. The Labute approximate surface area is 198 Å². The van der Waals surface area contributed by atoms with Crippen molar-refractivity contribution < 1.29 is 18.7 Å². The maximum Gasteiger partial charge on any atom is 0.257 e. The van der Waals surface area contributed by atoms with E-state index in [9.17, 15) is 14.0 Å². The van der Waals surface area contributed by atoms with Crippen LogP contribution in [0.2, 0.25) is 10.0 Å². The second kappa shape index (κ2) is 9.58. The summed E-state index contributed by atoms with van der Waals surface area (Å²) in [7, 11) is 0. The van der Waals surface area contributed by atoms with Crippen molar-refractivity contribution in [1.82, 2.24) is 4.90 Å². The summed E-state index contributed by atoms with van der Waals surface area (Å²) < 4.78 is 19.3. The van der Waals surface area contributed by atoms with Crippen molar-refractivity contribution >= 4 is 51.4 Å². The van der Waals surface area contributed by atoms with Gasteiger partial charge in [0.2, 0.25) is 0 Å². The largest absolute Gasteiger partial charge is 0.378 e. The SMILES string of the molecule is Cc1c(-c2ccccc2)sc(NC(=O)c2cc(F)c(Cl)cc2Cl)c1C(=O)N1CCOCC1. The molecule has 32 heavy (non-hydrogen) atoms. The molecule has 2 heterocycles. The molecule has 1 aliphatic heterocycles. The van der Waals surface area contributed by atoms with E-state index in [1.54, 1.807) is 4.90 Å². The number of amides is 2. The lowest BCUT2D eigenvalue weighted by molar-refractivity contribution is 0.0303. The van der Waals surface area contributed by atoms with E-state index in [2.05, 4.69) is 5.32 Å². The molecule has 2 amide bonds. The minimum Gasteiger partial charge on any atom is -0.378 e. The van der Waals surface area contributed by atoms with Crippen molar-refractivity contribution in [3.8, 4) is 10.4 Å². The predicted octanol–water partition coefficient (Wildman–Crippen LogP) is 5.89. The Kier molecular flexibility index (Phi) is 6.81. The minimum atomic E-state index is -0.752. The standard InChI is InChI=1S/C23H19Cl2FN2O3S/c1-13-19(23(30)28-7-9-31-10-8-28)22(32-20(13)14-5-3-2-4-6-14)27-21(29)15-11-18(26)17(25)12-16(15)24/h2-6,11-12H,7-10H2,1H3,(H,27,29). The first kappa shape index (κ1) is 22.7. The summed E-state index contributed by atoms with van der Waals surface area (Å²) in [6.07, 6.45) is 0. The number of ether oxygens (including phenoxy) is 1. The molecule has 1 N–H and O–H groups in total. The number of anilines is 1. The van der Waals surface area contributed by atoms with Gasteiger partial charge in [0.05, 0.1) is 34.4 Å². The first-order valence-corrected chi connectivity index (χ1v) is 11.5. The fourth-order valence-corrected chi connectivity index (χ4v) is 5.18. The number of benzene rings is 2. The molecule has 0 bridgehead atoms. The van der Waals surface area contributed by atoms with Crippen LogP contribution in [0.4, 0.5) is 9.39 Å². The zero-order valence-electron chi connectivity index (χ0n) is 17.1. The zero-order valence-corrected chi connectivity index (χ0v) is 19.4. The van der Waals surface area contributed by atoms with Crippen LogP contribution in [0.1, 0.15) is 26.3 Å². The smallest absolute Gasteiger partial charge is 0.257 e. The van der Waals surface area contributed by atoms with Gasteiger partial charge in [-0.05, 0) is 30.2 Å². The Balaban J connectivity index is 1.75. The third kappa shape index (κ3) is 4.52. The molecule has 0 radical (unpaired) electrons. The highest BCUT2D eigenvalue weighted by Gasteiger charge is 2.28. The lowest BCUT2D eigenvalue weighted by Gasteiger charge is -2.27. The molecule has 1 aromatic heterocycles. The van der Waals surface area contributed by atoms with Crippen molar-refractivity contribution in [2.45, 2.75) is 6.92 Å². The maximum absolute atomic E-state index is 14.0. The average molecular weight is 493 g/mol. The third-order valence-electron chi connectivity index (χ3n) is 5.18. The summed E-state index contributed by atoms with van der Waals surface area (Å²) in [5.74, 6) is -1.56. The van der Waals surface area contributed by atoms with Crippen molar-refractivity contribution in [3.05, 3.63) is 75.0 Å². The average Bonchev–Trinajstić information content (AvgIpc) is 3.12. The minimum absolute atomic E-state index is 0.0199. The van der Waals surface area contributed by atoms with Crippen molar-refractivity contribution in [1.29, 1.82) is 0 Å². The molecule has 9 heteroatoms. The van der Waals surface area contributed by atoms with Gasteiger partial charge in [0.15, 0.2) is 0 Å². The molecule has 0 saturated carbocycles. The predicted molar refractivity (Wildman–Crippen MR) is 126 cm³/mol. The summed E-state index contributed by atoms with van der Waals surface area (Å²) in [6.45, 7) is 3.72. The van der Waals surface area contributed by atoms with Gasteiger partial charge in [-0.3, -0.25) is 9.59 Å². The van der Waals surface area contributed by atoms with Crippen LogP contribution < -0.4 is 5.32 Å². The van der Waals surface area contributed by atoms with E-state index < -0.39 is 11.7 Å². The molecule has 0 aliphatic carbocycles. The van der Waals surface area contributed by atoms with Gasteiger partial charge in [0, 0.05) is 18.0 Å². The molecule has 0 unspecified atom stereocenters. The van der Waals surface area contributed by atoms with Crippen LogP contribution in [0.3, 0.4) is 0 Å². The molecule has 166 valence electrons. The second-order valence-corrected chi connectivity index (χ2v) is 9.07. The molecule has 1 saturated heterocycles. The molecule has 0 atom stereocenters. The topological polar surface area (TPSA) is 58.6 Å². The van der Waals surface area contributed by atoms with Crippen molar-refractivity contribution in [2.75, 3.05) is 31.6 Å². The number of hydrogen-bond acceptors (Lipinski definition) is 4. The number of halogens is 3. The molecule has 4 rings (SSSR count). The molecule has 1 aliphatic rings. The number of nitrogens with one attached hydrogen (secondary N) is 1. The van der Waals surface area contributed by atoms with Crippen LogP contribution in [0.15, 0.2) is 42.5 Å². The Morgan fingerprint density at radius 3 is 2.47 bits per heavy atom. The van der Waals surface area contributed by atoms with Gasteiger partial charge in [0.1, 0.15) is 10.8 Å². The maximum atomic E-state index is 14.0. The highest BCUT2D eigenvalue weighted by atomic mass is 35.5. The van der Waals surface area contributed by atoms with Gasteiger partial charge < -0.3 is 15.0 Å². The summed E-state index contributed by atoms with van der Waals surface area (Å²) in [6, 6.07) is 11.8. The molecule has 0 spiro atoms. The lowest BCUT2D eigenvalue weighted by Crippen LogP contribution is -2.41. The Morgan fingerprint density at radius 1 is 1.09 bits per heavy atom. The van der Waals surface area contributed by atoms with E-state index >= 15 is 0 Å². The summed E-state index contributed by atoms with van der Waals surface area (Å²) in [5, 5.41) is 3.00. The Bertz CT molecular complexity index is 1180. The second-order valence-electron chi connectivity index (χ2n) is 7.23. The van der Waals surface area contributed by atoms with Crippen LogP contribution in [0.25, 0.3) is 10.4 Å². The Morgan fingerprint density at radius 2 is 1.78 bits per heavy atom. The van der Waals surface area contributed by atoms with Gasteiger partial charge in [-0.1, -0.05) is 53.5 Å². The van der Waals surface area contributed by atoms with Gasteiger partial charge in [-0.2, -0.15) is 0 Å². The zero-order chi connectivity index (χ0) is 22.8. The number of hydrogen-bond donors (Lipinski definition) is 1. The van der Waals surface area contributed by atoms with E-state index in [1.807, 2.05) is 37.3 Å². The van der Waals surface area contributed by atoms with E-state index in [0.29, 0.717) is 36.9 Å². The number of thiophene rings is 1. The molecule has 5 nitrogen and oxygen atoms in total. The van der Waals surface area contributed by atoms with Crippen LogP contribution in [-0.4, -0.2) is 43.0 Å². The van der Waals surface area contributed by atoms with Gasteiger partial charge in [-0.15, -0.1) is 11.3 Å². The van der Waals surface area contributed by atoms with E-state index in [1.165, 1.54) is 17.4 Å². The fourth-order valence-electron chi connectivity index (χ4n) is 3.52. The summed E-state index contributed by atoms with van der Waals surface area (Å²) in [5.41, 5.74) is 2.05. The van der Waals surface area contributed by atoms with Gasteiger partial charge in [-0.25, -0.2) is 4.39 Å². The van der Waals surface area contributed by atoms with Gasteiger partial charge in [0.25, 0.3) is 11.8 Å². The lowest BCUT2D eigenvalue weighted by atomic mass is 10.1. The quantitative estimate of drug-likeness (QED) is 0.461. The highest BCUT2D eigenvalue weighted by Crippen LogP contribution is 2.41. The summed E-state index contributed by atoms with van der Waals surface area (Å²) in [4.78, 5) is 28.9. The van der Waals surface area contributed by atoms with Crippen molar-refractivity contribution in [3.63, 3.8) is 0 Å². The Hall–Kier alpha value is -2.45. The molecular weight excluding hydrogens is 474 g/mol. The highest BCUT2D eigenvalue weighted by molar-refractivity contribution is 7.20. The van der Waals surface area contributed by atoms with Crippen LogP contribution in [0.5, 0.6) is 0 Å². The number of nitrogens with zero attached hydrogens (tertiary/aromatic N) is 1. The summed E-state index contributed by atoms with van der Waals surface area (Å²) >= 11 is 13.2. The van der Waals surface area contributed by atoms with Crippen LogP contribution in [0, 0.1) is 12.7 Å². The number of morpholine rings is 1. The normalized spacial score (nSPS) is 13.8.